The van der Waals surface area contributed by atoms with Gasteiger partial charge in [-0.3, -0.25) is 4.79 Å². The fourth-order valence-electron chi connectivity index (χ4n) is 2.86. The fraction of sp³-hybridized carbons (Fsp3) is 0.412. The van der Waals surface area contributed by atoms with E-state index < -0.39 is 0 Å². The maximum absolute atomic E-state index is 12.3. The van der Waals surface area contributed by atoms with Crippen molar-refractivity contribution in [1.82, 2.24) is 10.3 Å². The zero-order chi connectivity index (χ0) is 16.2. The summed E-state index contributed by atoms with van der Waals surface area (Å²) in [4.78, 5) is 16.4. The molecule has 1 aromatic heterocycles. The smallest absolute Gasteiger partial charge is 0.225 e. The summed E-state index contributed by atoms with van der Waals surface area (Å²) in [6, 6.07) is 10.3. The second-order valence-corrected chi connectivity index (χ2v) is 7.57. The molecule has 1 aromatic carbocycles. The van der Waals surface area contributed by atoms with E-state index in [1.165, 1.54) is 16.9 Å². The lowest BCUT2D eigenvalue weighted by atomic mass is 9.97. The van der Waals surface area contributed by atoms with Gasteiger partial charge in [0.25, 0.3) is 0 Å². The molecule has 0 bridgehead atoms. The second-order valence-electron chi connectivity index (χ2n) is 5.80. The predicted molar refractivity (Wildman–Crippen MR) is 94.2 cm³/mol. The van der Waals surface area contributed by atoms with Gasteiger partial charge in [-0.1, -0.05) is 30.3 Å². The number of amides is 1. The number of hydrogen-bond acceptors (Lipinski definition) is 4. The number of H-pyrrole nitrogens is 1. The number of nitrogens with one attached hydrogen (secondary N) is 2. The Morgan fingerprint density at radius 1 is 1.43 bits per heavy atom. The minimum absolute atomic E-state index is 0.0528. The van der Waals surface area contributed by atoms with Crippen molar-refractivity contribution < 1.29 is 9.53 Å². The van der Waals surface area contributed by atoms with Crippen molar-refractivity contribution in [2.24, 2.45) is 0 Å². The number of aryl methyl sites for hydroxylation is 1. The van der Waals surface area contributed by atoms with E-state index in [4.69, 9.17) is 17.0 Å². The number of hydrogen-bond donors (Lipinski definition) is 2. The first kappa shape index (κ1) is 16.4. The Labute approximate surface area is 144 Å². The van der Waals surface area contributed by atoms with Crippen LogP contribution in [-0.4, -0.2) is 23.5 Å². The molecule has 3 rings (SSSR count). The molecule has 2 heterocycles. The van der Waals surface area contributed by atoms with E-state index in [1.54, 1.807) is 0 Å². The van der Waals surface area contributed by atoms with Crippen molar-refractivity contribution in [3.05, 3.63) is 50.4 Å². The first-order chi connectivity index (χ1) is 11.1. The molecule has 1 fully saturated rings. The van der Waals surface area contributed by atoms with E-state index in [2.05, 4.69) is 22.4 Å². The number of carbonyl (C=O) groups excluding carboxylic acids is 1. The van der Waals surface area contributed by atoms with Crippen molar-refractivity contribution in [1.29, 1.82) is 0 Å². The van der Waals surface area contributed by atoms with Crippen LogP contribution in [-0.2, 0) is 16.0 Å². The molecule has 23 heavy (non-hydrogen) atoms. The van der Waals surface area contributed by atoms with Gasteiger partial charge in [0, 0.05) is 23.2 Å². The summed E-state index contributed by atoms with van der Waals surface area (Å²) in [5.41, 5.74) is 2.16. The van der Waals surface area contributed by atoms with Gasteiger partial charge in [-0.05, 0) is 37.5 Å². The van der Waals surface area contributed by atoms with E-state index in [0.717, 1.165) is 27.4 Å². The molecule has 0 spiro atoms. The maximum atomic E-state index is 12.3. The summed E-state index contributed by atoms with van der Waals surface area (Å²) in [5, 5.41) is 3.14. The standard InChI is InChI=1S/C17H20N2O2S2/c1-11-15(23-17(22)18-11)10-16(20)19-13-7-8-21-14(9-13)12-5-3-2-4-6-12/h2-6,13-14H,7-10H2,1H3,(H,18,22)(H,19,20)/t13-,14-/m1/s1. The fourth-order valence-corrected chi connectivity index (χ4v) is 4.15. The van der Waals surface area contributed by atoms with Crippen LogP contribution in [0.3, 0.4) is 0 Å². The summed E-state index contributed by atoms with van der Waals surface area (Å²) in [5.74, 6) is 0.0528. The summed E-state index contributed by atoms with van der Waals surface area (Å²) in [6.45, 7) is 2.63. The minimum atomic E-state index is 0.0528. The highest BCUT2D eigenvalue weighted by Crippen LogP contribution is 2.28. The largest absolute Gasteiger partial charge is 0.373 e. The molecule has 1 amide bonds. The molecule has 2 aromatic rings. The van der Waals surface area contributed by atoms with E-state index in [0.29, 0.717) is 13.0 Å². The van der Waals surface area contributed by atoms with Gasteiger partial charge in [0.05, 0.1) is 12.5 Å². The van der Waals surface area contributed by atoms with Crippen LogP contribution in [0.4, 0.5) is 0 Å². The highest BCUT2D eigenvalue weighted by atomic mass is 32.1. The van der Waals surface area contributed by atoms with Crippen molar-refractivity contribution in [3.63, 3.8) is 0 Å². The molecule has 2 N–H and O–H groups in total. The summed E-state index contributed by atoms with van der Waals surface area (Å²) in [6.07, 6.45) is 2.12. The van der Waals surface area contributed by atoms with Crippen molar-refractivity contribution in [3.8, 4) is 0 Å². The van der Waals surface area contributed by atoms with Crippen LogP contribution in [0.15, 0.2) is 30.3 Å². The Hall–Kier alpha value is -1.50. The molecular formula is C17H20N2O2S2. The number of aromatic amines is 1. The first-order valence-corrected chi connectivity index (χ1v) is 8.99. The molecule has 1 aliphatic rings. The molecule has 0 unspecified atom stereocenters. The third-order valence-electron chi connectivity index (χ3n) is 4.07. The number of aromatic nitrogens is 1. The quantitative estimate of drug-likeness (QED) is 0.829. The maximum Gasteiger partial charge on any atom is 0.225 e. The Morgan fingerprint density at radius 2 is 2.22 bits per heavy atom. The Balaban J connectivity index is 1.58. The van der Waals surface area contributed by atoms with Crippen LogP contribution in [0.5, 0.6) is 0 Å². The van der Waals surface area contributed by atoms with Crippen molar-refractivity contribution in [2.75, 3.05) is 6.61 Å². The van der Waals surface area contributed by atoms with Crippen LogP contribution < -0.4 is 5.32 Å². The Kier molecular flexibility index (Phi) is 5.25. The monoisotopic (exact) mass is 348 g/mol. The average molecular weight is 348 g/mol. The second kappa shape index (κ2) is 7.38. The van der Waals surface area contributed by atoms with Gasteiger partial charge >= 0.3 is 0 Å². The van der Waals surface area contributed by atoms with Gasteiger partial charge < -0.3 is 15.0 Å². The van der Waals surface area contributed by atoms with Gasteiger partial charge in [-0.2, -0.15) is 0 Å². The van der Waals surface area contributed by atoms with E-state index in [-0.39, 0.29) is 18.1 Å². The van der Waals surface area contributed by atoms with Crippen molar-refractivity contribution in [2.45, 2.75) is 38.3 Å². The number of thiazole rings is 1. The number of benzene rings is 1. The van der Waals surface area contributed by atoms with Crippen LogP contribution in [0.1, 0.15) is 35.1 Å². The van der Waals surface area contributed by atoms with Crippen molar-refractivity contribution >= 4 is 29.5 Å². The molecule has 0 radical (unpaired) electrons. The SMILES string of the molecule is Cc1[nH]c(=S)sc1CC(=O)N[C@@H]1CCO[C@@H](c2ccccc2)C1. The van der Waals surface area contributed by atoms with Crippen LogP contribution in [0.25, 0.3) is 0 Å². The molecular weight excluding hydrogens is 328 g/mol. The van der Waals surface area contributed by atoms with Gasteiger partial charge in [-0.25, -0.2) is 0 Å². The summed E-state index contributed by atoms with van der Waals surface area (Å²) in [7, 11) is 0. The molecule has 0 aliphatic carbocycles. The third kappa shape index (κ3) is 4.28. The predicted octanol–water partition coefficient (Wildman–Crippen LogP) is 3.69. The lowest BCUT2D eigenvalue weighted by Crippen LogP contribution is -2.40. The molecule has 1 saturated heterocycles. The zero-order valence-corrected chi connectivity index (χ0v) is 14.6. The minimum Gasteiger partial charge on any atom is -0.373 e. The Bertz CT molecular complexity index is 724. The van der Waals surface area contributed by atoms with E-state index in [1.807, 2.05) is 25.1 Å². The molecule has 4 nitrogen and oxygen atoms in total. The molecule has 6 heteroatoms. The highest BCUT2D eigenvalue weighted by molar-refractivity contribution is 7.73. The highest BCUT2D eigenvalue weighted by Gasteiger charge is 2.25. The van der Waals surface area contributed by atoms with Gasteiger partial charge in [0.15, 0.2) is 3.95 Å². The lowest BCUT2D eigenvalue weighted by molar-refractivity contribution is -0.122. The average Bonchev–Trinajstić information content (AvgIpc) is 2.86. The van der Waals surface area contributed by atoms with Gasteiger partial charge in [0.1, 0.15) is 0 Å². The van der Waals surface area contributed by atoms with Crippen LogP contribution in [0, 0.1) is 10.9 Å². The molecule has 0 saturated carbocycles. The van der Waals surface area contributed by atoms with Crippen LogP contribution in [0.2, 0.25) is 0 Å². The molecule has 1 aliphatic heterocycles. The van der Waals surface area contributed by atoms with Gasteiger partial charge in [-0.15, -0.1) is 11.3 Å². The van der Waals surface area contributed by atoms with Crippen LogP contribution >= 0.6 is 23.6 Å². The topological polar surface area (TPSA) is 54.1 Å². The third-order valence-corrected chi connectivity index (χ3v) is 5.40. The summed E-state index contributed by atoms with van der Waals surface area (Å²) >= 11 is 6.59. The number of carbonyl (C=O) groups is 1. The number of ether oxygens (including phenoxy) is 1. The molecule has 122 valence electrons. The lowest BCUT2D eigenvalue weighted by Gasteiger charge is -2.30. The van der Waals surface area contributed by atoms with Gasteiger partial charge in [0.2, 0.25) is 5.91 Å². The first-order valence-electron chi connectivity index (χ1n) is 7.76. The van der Waals surface area contributed by atoms with E-state index in [9.17, 15) is 4.79 Å². The molecule has 2 atom stereocenters. The zero-order valence-electron chi connectivity index (χ0n) is 13.0. The summed E-state index contributed by atoms with van der Waals surface area (Å²) < 4.78 is 6.57. The number of rotatable bonds is 4. The normalized spacial score (nSPS) is 21.1. The van der Waals surface area contributed by atoms with E-state index >= 15 is 0 Å². The Morgan fingerprint density at radius 3 is 2.91 bits per heavy atom.